The Labute approximate surface area is 248 Å². The highest BCUT2D eigenvalue weighted by Crippen LogP contribution is 2.26. The maximum Gasteiger partial charge on any atom is 0.127 e. The molecule has 212 valence electrons. The van der Waals surface area contributed by atoms with Crippen molar-refractivity contribution in [1.29, 1.82) is 0 Å². The van der Waals surface area contributed by atoms with Gasteiger partial charge in [0.15, 0.2) is 0 Å². The summed E-state index contributed by atoms with van der Waals surface area (Å²) in [7, 11) is 0. The first-order valence-electron chi connectivity index (χ1n) is 14.4. The van der Waals surface area contributed by atoms with Crippen molar-refractivity contribution >= 4 is 0 Å². The molecule has 0 N–H and O–H groups in total. The largest absolute Gasteiger partial charge is 0.457 e. The van der Waals surface area contributed by atoms with Crippen LogP contribution in [0.3, 0.4) is 0 Å². The zero-order valence-electron chi connectivity index (χ0n) is 26.6. The smallest absolute Gasteiger partial charge is 0.127 e. The van der Waals surface area contributed by atoms with E-state index in [1.54, 1.807) is 0 Å². The number of benzene rings is 5. The highest BCUT2D eigenvalue weighted by Gasteiger charge is 2.02. The monoisotopic (exact) mass is 542 g/mol. The van der Waals surface area contributed by atoms with Gasteiger partial charge in [-0.15, -0.1) is 0 Å². The molecule has 0 heterocycles. The molecule has 5 aromatic carbocycles. The normalized spacial score (nSPS) is 10.2. The van der Waals surface area contributed by atoms with Crippen LogP contribution in [0.15, 0.2) is 97.1 Å². The van der Waals surface area contributed by atoms with Crippen molar-refractivity contribution in [1.82, 2.24) is 0 Å². The molecule has 0 spiro atoms. The Morgan fingerprint density at radius 3 is 0.878 bits per heavy atom. The van der Waals surface area contributed by atoms with Crippen molar-refractivity contribution < 1.29 is 4.74 Å². The maximum absolute atomic E-state index is 5.85. The van der Waals surface area contributed by atoms with Crippen LogP contribution in [-0.2, 0) is 0 Å². The van der Waals surface area contributed by atoms with Gasteiger partial charge in [0.2, 0.25) is 0 Å². The van der Waals surface area contributed by atoms with Crippen molar-refractivity contribution in [3.63, 3.8) is 0 Å². The van der Waals surface area contributed by atoms with Crippen LogP contribution in [0.25, 0.3) is 11.1 Å². The Morgan fingerprint density at radius 2 is 0.585 bits per heavy atom. The minimum absolute atomic E-state index is 0.899. The minimum Gasteiger partial charge on any atom is -0.457 e. The van der Waals surface area contributed by atoms with Crippen LogP contribution in [0.1, 0.15) is 55.6 Å². The summed E-state index contributed by atoms with van der Waals surface area (Å²) in [5, 5.41) is 0. The summed E-state index contributed by atoms with van der Waals surface area (Å²) < 4.78 is 5.85. The van der Waals surface area contributed by atoms with Gasteiger partial charge in [-0.25, -0.2) is 0 Å². The van der Waals surface area contributed by atoms with Crippen LogP contribution in [0.2, 0.25) is 0 Å². The molecule has 0 fully saturated rings. The first-order chi connectivity index (χ1) is 19.4. The van der Waals surface area contributed by atoms with E-state index in [-0.39, 0.29) is 0 Å². The van der Waals surface area contributed by atoms with Gasteiger partial charge in [0.1, 0.15) is 11.5 Å². The highest BCUT2D eigenvalue weighted by molar-refractivity contribution is 5.66. The third-order valence-corrected chi connectivity index (χ3v) is 7.76. The zero-order valence-corrected chi connectivity index (χ0v) is 26.6. The number of hydrogen-bond donors (Lipinski definition) is 0. The third-order valence-electron chi connectivity index (χ3n) is 7.76. The van der Waals surface area contributed by atoms with Gasteiger partial charge in [-0.05, 0) is 149 Å². The summed E-state index contributed by atoms with van der Waals surface area (Å²) in [6.45, 7) is 21.2. The molecule has 0 amide bonds. The average Bonchev–Trinajstić information content (AvgIpc) is 2.94. The molecule has 0 radical (unpaired) electrons. The number of aryl methyl sites for hydroxylation is 10. The molecule has 0 aliphatic heterocycles. The van der Waals surface area contributed by atoms with Gasteiger partial charge in [-0.1, -0.05) is 83.9 Å². The fourth-order valence-corrected chi connectivity index (χ4v) is 4.17. The molecule has 1 nitrogen and oxygen atoms in total. The lowest BCUT2D eigenvalue weighted by Crippen LogP contribution is -1.88. The van der Waals surface area contributed by atoms with Crippen LogP contribution < -0.4 is 4.74 Å². The van der Waals surface area contributed by atoms with Gasteiger partial charge in [0.05, 0.1) is 0 Å². The summed E-state index contributed by atoms with van der Waals surface area (Å²) in [6, 6.07) is 34.1. The lowest BCUT2D eigenvalue weighted by atomic mass is 9.98. The minimum atomic E-state index is 0.899. The van der Waals surface area contributed by atoms with Crippen molar-refractivity contribution in [2.75, 3.05) is 0 Å². The Bertz CT molecular complexity index is 1470. The van der Waals surface area contributed by atoms with E-state index in [1.807, 2.05) is 12.1 Å². The van der Waals surface area contributed by atoms with E-state index in [2.05, 4.69) is 154 Å². The van der Waals surface area contributed by atoms with E-state index in [0.717, 1.165) is 11.5 Å². The number of ether oxygens (including phenoxy) is 1. The van der Waals surface area contributed by atoms with Crippen LogP contribution in [0.5, 0.6) is 11.5 Å². The van der Waals surface area contributed by atoms with Crippen LogP contribution >= 0.6 is 0 Å². The third kappa shape index (κ3) is 9.50. The molecular formula is C40H46O. The number of hydrogen-bond acceptors (Lipinski definition) is 1. The molecule has 0 bridgehead atoms. The molecule has 5 rings (SSSR count). The van der Waals surface area contributed by atoms with Crippen molar-refractivity contribution in [3.8, 4) is 22.6 Å². The molecule has 0 saturated heterocycles. The maximum atomic E-state index is 5.85. The van der Waals surface area contributed by atoms with Crippen molar-refractivity contribution in [2.45, 2.75) is 69.2 Å². The Kier molecular flexibility index (Phi) is 11.1. The second kappa shape index (κ2) is 14.5. The zero-order chi connectivity index (χ0) is 30.1. The highest BCUT2D eigenvalue weighted by atomic mass is 16.5. The predicted molar refractivity (Wildman–Crippen MR) is 179 cm³/mol. The predicted octanol–water partition coefficient (Wildman–Crippen LogP) is 11.6. The molecule has 0 aliphatic carbocycles. The summed E-state index contributed by atoms with van der Waals surface area (Å²) in [5.74, 6) is 1.80. The molecule has 0 aliphatic rings. The van der Waals surface area contributed by atoms with Gasteiger partial charge >= 0.3 is 0 Å². The first kappa shape index (κ1) is 31.4. The summed E-state index contributed by atoms with van der Waals surface area (Å²) >= 11 is 0. The molecular weight excluding hydrogens is 496 g/mol. The topological polar surface area (TPSA) is 9.23 Å². The Morgan fingerprint density at radius 1 is 0.293 bits per heavy atom. The Hall–Kier alpha value is -4.10. The Balaban J connectivity index is 0.000000180. The fourth-order valence-electron chi connectivity index (χ4n) is 4.17. The molecule has 41 heavy (non-hydrogen) atoms. The van der Waals surface area contributed by atoms with Gasteiger partial charge in [-0.3, -0.25) is 0 Å². The van der Waals surface area contributed by atoms with Gasteiger partial charge < -0.3 is 4.74 Å². The average molecular weight is 543 g/mol. The molecule has 0 atom stereocenters. The quantitative estimate of drug-likeness (QED) is 0.220. The van der Waals surface area contributed by atoms with E-state index in [9.17, 15) is 0 Å². The summed E-state index contributed by atoms with van der Waals surface area (Å²) in [6.07, 6.45) is 0. The first-order valence-corrected chi connectivity index (χ1v) is 14.4. The number of rotatable bonds is 3. The van der Waals surface area contributed by atoms with Gasteiger partial charge in [-0.2, -0.15) is 0 Å². The van der Waals surface area contributed by atoms with E-state index < -0.39 is 0 Å². The second-order valence-corrected chi connectivity index (χ2v) is 11.3. The van der Waals surface area contributed by atoms with E-state index in [4.69, 9.17) is 4.74 Å². The van der Waals surface area contributed by atoms with Crippen LogP contribution in [0, 0.1) is 69.2 Å². The fraction of sp³-hybridized carbons (Fsp3) is 0.250. The lowest BCUT2D eigenvalue weighted by Gasteiger charge is -2.09. The van der Waals surface area contributed by atoms with Crippen LogP contribution in [-0.4, -0.2) is 0 Å². The van der Waals surface area contributed by atoms with Crippen molar-refractivity contribution in [2.24, 2.45) is 0 Å². The standard InChI is InChI=1S/C16H18O.C16H18.C8H10/c1-11-5-7-15(9-13(11)3)17-16-8-6-12(2)14(4)10-16;1-11-5-7-15(9-13(11)3)16-8-6-12(2)14(4)10-16;1-7-3-5-8(2)6-4-7/h5-10H,1-4H3;5-10H,1-4H3;3-6H,1-2H3. The van der Waals surface area contributed by atoms with Gasteiger partial charge in [0, 0.05) is 0 Å². The van der Waals surface area contributed by atoms with E-state index in [1.165, 1.54) is 66.8 Å². The summed E-state index contributed by atoms with van der Waals surface area (Å²) in [4.78, 5) is 0. The van der Waals surface area contributed by atoms with Crippen molar-refractivity contribution in [3.05, 3.63) is 153 Å². The SMILES string of the molecule is Cc1ccc(-c2ccc(C)c(C)c2)cc1C.Cc1ccc(C)cc1.Cc1ccc(Oc2ccc(C)c(C)c2)cc1C. The second-order valence-electron chi connectivity index (χ2n) is 11.3. The van der Waals surface area contributed by atoms with Crippen LogP contribution in [0.4, 0.5) is 0 Å². The molecule has 5 aromatic rings. The van der Waals surface area contributed by atoms with E-state index >= 15 is 0 Å². The summed E-state index contributed by atoms with van der Waals surface area (Å²) in [5.41, 5.74) is 15.8. The van der Waals surface area contributed by atoms with Gasteiger partial charge in [0.25, 0.3) is 0 Å². The molecule has 0 aromatic heterocycles. The lowest BCUT2D eigenvalue weighted by molar-refractivity contribution is 0.481. The molecule has 0 saturated carbocycles. The van der Waals surface area contributed by atoms with E-state index in [0.29, 0.717) is 0 Å². The molecule has 1 heteroatoms. The molecule has 0 unspecified atom stereocenters.